The third-order valence-electron chi connectivity index (χ3n) is 2.43. The average Bonchev–Trinajstić information content (AvgIpc) is 2.23. The normalized spacial score (nSPS) is 12.5. The first-order chi connectivity index (χ1) is 7.97. The van der Waals surface area contributed by atoms with Crippen LogP contribution >= 0.6 is 0 Å². The molecule has 0 aromatic carbocycles. The summed E-state index contributed by atoms with van der Waals surface area (Å²) < 4.78 is 0. The summed E-state index contributed by atoms with van der Waals surface area (Å²) in [5.74, 6) is -1.11. The van der Waals surface area contributed by atoms with Gasteiger partial charge in [0.1, 0.15) is 0 Å². The van der Waals surface area contributed by atoms with E-state index in [4.69, 9.17) is 5.11 Å². The van der Waals surface area contributed by atoms with Gasteiger partial charge in [-0.25, -0.2) is 0 Å². The molecule has 17 heavy (non-hydrogen) atoms. The van der Waals surface area contributed by atoms with E-state index in [1.807, 2.05) is 20.8 Å². The van der Waals surface area contributed by atoms with E-state index < -0.39 is 11.9 Å². The summed E-state index contributed by atoms with van der Waals surface area (Å²) in [6.45, 7) is 7.61. The van der Waals surface area contributed by atoms with Crippen LogP contribution in [-0.2, 0) is 9.59 Å². The van der Waals surface area contributed by atoms with Crippen molar-refractivity contribution in [3.05, 3.63) is 0 Å². The maximum atomic E-state index is 11.4. The number of hydrogen-bond donors (Lipinski definition) is 3. The van der Waals surface area contributed by atoms with Gasteiger partial charge < -0.3 is 15.7 Å². The molecule has 0 saturated heterocycles. The zero-order valence-corrected chi connectivity index (χ0v) is 11.0. The fourth-order valence-corrected chi connectivity index (χ4v) is 1.54. The molecule has 1 unspecified atom stereocenters. The van der Waals surface area contributed by atoms with Gasteiger partial charge in [-0.2, -0.15) is 0 Å². The molecule has 0 radical (unpaired) electrons. The SMILES string of the molecule is CCNCCC(=O)NCC(CC(C)C)C(=O)O. The Bertz CT molecular complexity index is 242. The van der Waals surface area contributed by atoms with Crippen LogP contribution in [0.25, 0.3) is 0 Å². The molecule has 0 rings (SSSR count). The zero-order valence-electron chi connectivity index (χ0n) is 11.0. The zero-order chi connectivity index (χ0) is 13.3. The van der Waals surface area contributed by atoms with Crippen LogP contribution in [0.2, 0.25) is 0 Å². The van der Waals surface area contributed by atoms with Crippen LogP contribution in [0.3, 0.4) is 0 Å². The summed E-state index contributed by atoms with van der Waals surface area (Å²) in [5, 5.41) is 14.7. The molecule has 3 N–H and O–H groups in total. The highest BCUT2D eigenvalue weighted by Crippen LogP contribution is 2.10. The van der Waals surface area contributed by atoms with Crippen LogP contribution in [0.1, 0.15) is 33.6 Å². The Morgan fingerprint density at radius 2 is 1.94 bits per heavy atom. The van der Waals surface area contributed by atoms with Gasteiger partial charge in [-0.05, 0) is 18.9 Å². The first-order valence-corrected chi connectivity index (χ1v) is 6.17. The van der Waals surface area contributed by atoms with Gasteiger partial charge in [-0.1, -0.05) is 20.8 Å². The van der Waals surface area contributed by atoms with Crippen LogP contribution in [0.4, 0.5) is 0 Å². The number of hydrogen-bond acceptors (Lipinski definition) is 3. The first-order valence-electron chi connectivity index (χ1n) is 6.17. The second-order valence-corrected chi connectivity index (χ2v) is 4.57. The molecule has 0 aliphatic rings. The molecular formula is C12H24N2O3. The molecule has 5 nitrogen and oxygen atoms in total. The van der Waals surface area contributed by atoms with E-state index in [1.54, 1.807) is 0 Å². The Morgan fingerprint density at radius 1 is 1.29 bits per heavy atom. The van der Waals surface area contributed by atoms with Gasteiger partial charge in [0.2, 0.25) is 5.91 Å². The summed E-state index contributed by atoms with van der Waals surface area (Å²) in [6, 6.07) is 0. The van der Waals surface area contributed by atoms with Crippen molar-refractivity contribution in [3.8, 4) is 0 Å². The third kappa shape index (κ3) is 8.68. The largest absolute Gasteiger partial charge is 0.481 e. The van der Waals surface area contributed by atoms with Crippen molar-refractivity contribution < 1.29 is 14.7 Å². The number of carboxylic acid groups (broad SMARTS) is 1. The van der Waals surface area contributed by atoms with E-state index in [9.17, 15) is 9.59 Å². The predicted molar refractivity (Wildman–Crippen MR) is 66.8 cm³/mol. The van der Waals surface area contributed by atoms with Gasteiger partial charge in [-0.15, -0.1) is 0 Å². The smallest absolute Gasteiger partial charge is 0.308 e. The van der Waals surface area contributed by atoms with Gasteiger partial charge in [0, 0.05) is 19.5 Å². The standard InChI is InChI=1S/C12H24N2O3/c1-4-13-6-5-11(15)14-8-10(12(16)17)7-9(2)3/h9-10,13H,4-8H2,1-3H3,(H,14,15)(H,16,17). The lowest BCUT2D eigenvalue weighted by molar-refractivity contribution is -0.142. The van der Waals surface area contributed by atoms with Crippen molar-refractivity contribution in [3.63, 3.8) is 0 Å². The van der Waals surface area contributed by atoms with Crippen LogP contribution in [0.15, 0.2) is 0 Å². The summed E-state index contributed by atoms with van der Waals surface area (Å²) in [6.07, 6.45) is 0.977. The van der Waals surface area contributed by atoms with Crippen molar-refractivity contribution in [1.29, 1.82) is 0 Å². The molecule has 1 atom stereocenters. The minimum absolute atomic E-state index is 0.0963. The Hall–Kier alpha value is -1.10. The number of carbonyl (C=O) groups excluding carboxylic acids is 1. The number of aliphatic carboxylic acids is 1. The molecule has 0 aliphatic carbocycles. The number of amides is 1. The molecular weight excluding hydrogens is 220 g/mol. The van der Waals surface area contributed by atoms with Crippen LogP contribution in [0, 0.1) is 11.8 Å². The summed E-state index contributed by atoms with van der Waals surface area (Å²) >= 11 is 0. The van der Waals surface area contributed by atoms with Crippen molar-refractivity contribution in [2.45, 2.75) is 33.6 Å². The average molecular weight is 244 g/mol. The Morgan fingerprint density at radius 3 is 2.41 bits per heavy atom. The van der Waals surface area contributed by atoms with Gasteiger partial charge in [0.25, 0.3) is 0 Å². The second-order valence-electron chi connectivity index (χ2n) is 4.57. The quantitative estimate of drug-likeness (QED) is 0.525. The topological polar surface area (TPSA) is 78.4 Å². The Balaban J connectivity index is 3.87. The first kappa shape index (κ1) is 15.9. The lowest BCUT2D eigenvalue weighted by atomic mass is 9.97. The summed E-state index contributed by atoms with van der Waals surface area (Å²) in [4.78, 5) is 22.3. The number of rotatable bonds is 9. The molecule has 0 aromatic rings. The van der Waals surface area contributed by atoms with Crippen molar-refractivity contribution >= 4 is 11.9 Å². The maximum Gasteiger partial charge on any atom is 0.308 e. The van der Waals surface area contributed by atoms with Crippen LogP contribution < -0.4 is 10.6 Å². The van der Waals surface area contributed by atoms with Crippen molar-refractivity contribution in [1.82, 2.24) is 10.6 Å². The summed E-state index contributed by atoms with van der Waals surface area (Å²) in [5.41, 5.74) is 0. The van der Waals surface area contributed by atoms with E-state index in [-0.39, 0.29) is 12.5 Å². The highest BCUT2D eigenvalue weighted by molar-refractivity contribution is 5.77. The van der Waals surface area contributed by atoms with E-state index in [1.165, 1.54) is 0 Å². The molecule has 0 fully saturated rings. The molecule has 0 aliphatic heterocycles. The number of nitrogens with one attached hydrogen (secondary N) is 2. The fraction of sp³-hybridized carbons (Fsp3) is 0.833. The van der Waals surface area contributed by atoms with E-state index in [0.29, 0.717) is 25.3 Å². The molecule has 100 valence electrons. The Labute approximate surface area is 103 Å². The molecule has 0 saturated carbocycles. The lowest BCUT2D eigenvalue weighted by Gasteiger charge is -2.15. The van der Waals surface area contributed by atoms with E-state index >= 15 is 0 Å². The molecule has 0 spiro atoms. The molecule has 5 heteroatoms. The van der Waals surface area contributed by atoms with Gasteiger partial charge in [0.15, 0.2) is 0 Å². The fourth-order valence-electron chi connectivity index (χ4n) is 1.54. The monoisotopic (exact) mass is 244 g/mol. The minimum atomic E-state index is -0.842. The third-order valence-corrected chi connectivity index (χ3v) is 2.43. The van der Waals surface area contributed by atoms with E-state index in [0.717, 1.165) is 6.54 Å². The van der Waals surface area contributed by atoms with Crippen molar-refractivity contribution in [2.24, 2.45) is 11.8 Å². The highest BCUT2D eigenvalue weighted by Gasteiger charge is 2.19. The highest BCUT2D eigenvalue weighted by atomic mass is 16.4. The second kappa shape index (κ2) is 8.98. The van der Waals surface area contributed by atoms with Crippen LogP contribution in [0.5, 0.6) is 0 Å². The van der Waals surface area contributed by atoms with E-state index in [2.05, 4.69) is 10.6 Å². The molecule has 1 amide bonds. The lowest BCUT2D eigenvalue weighted by Crippen LogP contribution is -2.35. The number of carbonyl (C=O) groups is 2. The molecule has 0 bridgehead atoms. The Kier molecular flexibility index (Phi) is 8.40. The molecule has 0 aromatic heterocycles. The van der Waals surface area contributed by atoms with Gasteiger partial charge >= 0.3 is 5.97 Å². The predicted octanol–water partition coefficient (Wildman–Crippen LogP) is 0.849. The summed E-state index contributed by atoms with van der Waals surface area (Å²) in [7, 11) is 0. The number of carboxylic acids is 1. The van der Waals surface area contributed by atoms with Crippen LogP contribution in [-0.4, -0.2) is 36.6 Å². The molecule has 0 heterocycles. The van der Waals surface area contributed by atoms with Crippen molar-refractivity contribution in [2.75, 3.05) is 19.6 Å². The maximum absolute atomic E-state index is 11.4. The van der Waals surface area contributed by atoms with Gasteiger partial charge in [-0.3, -0.25) is 9.59 Å². The minimum Gasteiger partial charge on any atom is -0.481 e. The van der Waals surface area contributed by atoms with Gasteiger partial charge in [0.05, 0.1) is 5.92 Å².